The topological polar surface area (TPSA) is 49.3 Å². The van der Waals surface area contributed by atoms with Crippen molar-refractivity contribution < 1.29 is 4.79 Å². The summed E-state index contributed by atoms with van der Waals surface area (Å²) in [5.41, 5.74) is 4.20. The summed E-state index contributed by atoms with van der Waals surface area (Å²) in [5.74, 6) is 1.07. The van der Waals surface area contributed by atoms with Crippen molar-refractivity contribution in [2.75, 3.05) is 31.1 Å². The number of carbonyl (C=O) groups is 1. The molecule has 1 amide bonds. The van der Waals surface area contributed by atoms with Gasteiger partial charge in [-0.15, -0.1) is 0 Å². The van der Waals surface area contributed by atoms with E-state index >= 15 is 0 Å². The molecule has 26 heavy (non-hydrogen) atoms. The number of piperazine rings is 1. The van der Waals surface area contributed by atoms with Crippen molar-refractivity contribution >= 4 is 22.6 Å². The number of nitrogens with zero attached hydrogens (tertiary/aromatic N) is 4. The standard InChI is InChI=1S/C21H22N4O/c1-15-4-3-5-18-16(2)14-19(23-20(15)18)24-10-12-25(13-11-24)21(26)17-6-8-22-9-7-17/h3-9,14H,10-13H2,1-2H3. The minimum Gasteiger partial charge on any atom is -0.353 e. The van der Waals surface area contributed by atoms with Crippen molar-refractivity contribution in [3.63, 3.8) is 0 Å². The zero-order valence-corrected chi connectivity index (χ0v) is 15.1. The summed E-state index contributed by atoms with van der Waals surface area (Å²) < 4.78 is 0. The highest BCUT2D eigenvalue weighted by Crippen LogP contribution is 2.25. The summed E-state index contributed by atoms with van der Waals surface area (Å²) in [6.07, 6.45) is 3.32. The predicted octanol–water partition coefficient (Wildman–Crippen LogP) is 3.21. The first-order valence-corrected chi connectivity index (χ1v) is 8.95. The number of fused-ring (bicyclic) bond motifs is 1. The fourth-order valence-corrected chi connectivity index (χ4v) is 3.52. The Labute approximate surface area is 153 Å². The molecule has 1 saturated heterocycles. The van der Waals surface area contributed by atoms with Crippen molar-refractivity contribution in [1.82, 2.24) is 14.9 Å². The summed E-state index contributed by atoms with van der Waals surface area (Å²) in [7, 11) is 0. The molecule has 3 heterocycles. The number of aromatic nitrogens is 2. The summed E-state index contributed by atoms with van der Waals surface area (Å²) in [6.45, 7) is 7.22. The Balaban J connectivity index is 1.52. The minimum absolute atomic E-state index is 0.0746. The van der Waals surface area contributed by atoms with Crippen molar-refractivity contribution in [3.8, 4) is 0 Å². The fraction of sp³-hybridized carbons (Fsp3) is 0.286. The third kappa shape index (κ3) is 3.01. The molecule has 0 N–H and O–H groups in total. The van der Waals surface area contributed by atoms with Crippen molar-refractivity contribution in [3.05, 3.63) is 65.5 Å². The van der Waals surface area contributed by atoms with Gasteiger partial charge in [-0.1, -0.05) is 18.2 Å². The molecule has 1 aliphatic rings. The van der Waals surface area contributed by atoms with Crippen LogP contribution in [0.5, 0.6) is 0 Å². The first kappa shape index (κ1) is 16.5. The van der Waals surface area contributed by atoms with Gasteiger partial charge in [-0.25, -0.2) is 4.98 Å². The molecular weight excluding hydrogens is 324 g/mol. The molecule has 132 valence electrons. The Morgan fingerprint density at radius 1 is 0.962 bits per heavy atom. The zero-order valence-electron chi connectivity index (χ0n) is 15.1. The van der Waals surface area contributed by atoms with E-state index in [4.69, 9.17) is 4.98 Å². The lowest BCUT2D eigenvalue weighted by molar-refractivity contribution is 0.0746. The van der Waals surface area contributed by atoms with E-state index in [0.717, 1.165) is 24.4 Å². The van der Waals surface area contributed by atoms with Crippen LogP contribution in [-0.4, -0.2) is 47.0 Å². The summed E-state index contributed by atoms with van der Waals surface area (Å²) in [4.78, 5) is 25.6. The lowest BCUT2D eigenvalue weighted by atomic mass is 10.1. The predicted molar refractivity (Wildman–Crippen MR) is 104 cm³/mol. The lowest BCUT2D eigenvalue weighted by Crippen LogP contribution is -2.49. The first-order chi connectivity index (χ1) is 12.6. The van der Waals surface area contributed by atoms with Crippen LogP contribution in [0.15, 0.2) is 48.8 Å². The van der Waals surface area contributed by atoms with Crippen LogP contribution in [0.2, 0.25) is 0 Å². The highest BCUT2D eigenvalue weighted by molar-refractivity contribution is 5.94. The van der Waals surface area contributed by atoms with Crippen LogP contribution in [0.25, 0.3) is 10.9 Å². The van der Waals surface area contributed by atoms with E-state index < -0.39 is 0 Å². The molecule has 0 bridgehead atoms. The molecule has 3 aromatic rings. The quantitative estimate of drug-likeness (QED) is 0.715. The van der Waals surface area contributed by atoms with Crippen LogP contribution in [0.4, 0.5) is 5.82 Å². The maximum atomic E-state index is 12.6. The Hall–Kier alpha value is -2.95. The third-order valence-electron chi connectivity index (χ3n) is 5.05. The fourth-order valence-electron chi connectivity index (χ4n) is 3.52. The SMILES string of the molecule is Cc1cc(N2CCN(C(=O)c3ccncc3)CC2)nc2c(C)cccc12. The smallest absolute Gasteiger partial charge is 0.254 e. The first-order valence-electron chi connectivity index (χ1n) is 8.95. The number of rotatable bonds is 2. The zero-order chi connectivity index (χ0) is 18.1. The number of hydrogen-bond acceptors (Lipinski definition) is 4. The van der Waals surface area contributed by atoms with Gasteiger partial charge in [-0.05, 0) is 43.2 Å². The van der Waals surface area contributed by atoms with Crippen molar-refractivity contribution in [1.29, 1.82) is 0 Å². The van der Waals surface area contributed by atoms with E-state index in [1.807, 2.05) is 4.90 Å². The average molecular weight is 346 g/mol. The van der Waals surface area contributed by atoms with Crippen molar-refractivity contribution in [2.24, 2.45) is 0 Å². The van der Waals surface area contributed by atoms with Gasteiger partial charge in [0.2, 0.25) is 0 Å². The van der Waals surface area contributed by atoms with Gasteiger partial charge < -0.3 is 9.80 Å². The highest BCUT2D eigenvalue weighted by Gasteiger charge is 2.23. The summed E-state index contributed by atoms with van der Waals surface area (Å²) in [6, 6.07) is 12.0. The van der Waals surface area contributed by atoms with Gasteiger partial charge in [0.1, 0.15) is 5.82 Å². The van der Waals surface area contributed by atoms with Crippen LogP contribution in [0, 0.1) is 13.8 Å². The number of para-hydroxylation sites is 1. The van der Waals surface area contributed by atoms with E-state index in [2.05, 4.69) is 48.0 Å². The van der Waals surface area contributed by atoms with Gasteiger partial charge >= 0.3 is 0 Å². The van der Waals surface area contributed by atoms with Gasteiger partial charge in [-0.3, -0.25) is 9.78 Å². The Kier molecular flexibility index (Phi) is 4.29. The normalized spacial score (nSPS) is 14.7. The second kappa shape index (κ2) is 6.75. The number of benzene rings is 1. The molecular formula is C21H22N4O. The van der Waals surface area contributed by atoms with Crippen LogP contribution in [-0.2, 0) is 0 Å². The second-order valence-electron chi connectivity index (χ2n) is 6.78. The molecule has 5 nitrogen and oxygen atoms in total. The number of amides is 1. The van der Waals surface area contributed by atoms with E-state index in [1.54, 1.807) is 24.5 Å². The average Bonchev–Trinajstić information content (AvgIpc) is 2.69. The molecule has 4 rings (SSSR count). The van der Waals surface area contributed by atoms with Gasteiger partial charge in [0.15, 0.2) is 0 Å². The van der Waals surface area contributed by atoms with E-state index in [0.29, 0.717) is 18.7 Å². The number of hydrogen-bond donors (Lipinski definition) is 0. The molecule has 5 heteroatoms. The molecule has 2 aromatic heterocycles. The van der Waals surface area contributed by atoms with Gasteiger partial charge in [0.05, 0.1) is 5.52 Å². The molecule has 0 radical (unpaired) electrons. The highest BCUT2D eigenvalue weighted by atomic mass is 16.2. The second-order valence-corrected chi connectivity index (χ2v) is 6.78. The monoisotopic (exact) mass is 346 g/mol. The van der Waals surface area contributed by atoms with Gasteiger partial charge in [0.25, 0.3) is 5.91 Å². The Morgan fingerprint density at radius 2 is 1.69 bits per heavy atom. The van der Waals surface area contributed by atoms with E-state index in [-0.39, 0.29) is 5.91 Å². The van der Waals surface area contributed by atoms with Crippen LogP contribution in [0.1, 0.15) is 21.5 Å². The number of anilines is 1. The maximum absolute atomic E-state index is 12.6. The van der Waals surface area contributed by atoms with Crippen LogP contribution in [0.3, 0.4) is 0 Å². The minimum atomic E-state index is 0.0746. The maximum Gasteiger partial charge on any atom is 0.254 e. The lowest BCUT2D eigenvalue weighted by Gasteiger charge is -2.35. The molecule has 0 spiro atoms. The molecule has 0 saturated carbocycles. The van der Waals surface area contributed by atoms with Crippen LogP contribution >= 0.6 is 0 Å². The third-order valence-corrected chi connectivity index (χ3v) is 5.05. The largest absolute Gasteiger partial charge is 0.353 e. The molecule has 0 unspecified atom stereocenters. The van der Waals surface area contributed by atoms with Gasteiger partial charge in [0, 0.05) is 49.5 Å². The number of aryl methyl sites for hydroxylation is 2. The molecule has 1 fully saturated rings. The van der Waals surface area contributed by atoms with E-state index in [9.17, 15) is 4.79 Å². The van der Waals surface area contributed by atoms with Crippen LogP contribution < -0.4 is 4.90 Å². The molecule has 1 aromatic carbocycles. The number of carbonyl (C=O) groups excluding carboxylic acids is 1. The molecule has 1 aliphatic heterocycles. The van der Waals surface area contributed by atoms with Gasteiger partial charge in [-0.2, -0.15) is 0 Å². The molecule has 0 aliphatic carbocycles. The van der Waals surface area contributed by atoms with E-state index in [1.165, 1.54) is 16.5 Å². The Morgan fingerprint density at radius 3 is 2.42 bits per heavy atom. The summed E-state index contributed by atoms with van der Waals surface area (Å²) in [5, 5.41) is 1.21. The summed E-state index contributed by atoms with van der Waals surface area (Å²) >= 11 is 0. The van der Waals surface area contributed by atoms with Crippen molar-refractivity contribution in [2.45, 2.75) is 13.8 Å². The number of pyridine rings is 2. The molecule has 0 atom stereocenters. The Bertz CT molecular complexity index is 947.